The van der Waals surface area contributed by atoms with Crippen LogP contribution in [0.4, 0.5) is 0 Å². The minimum absolute atomic E-state index is 0.504. The Labute approximate surface area is 77.8 Å². The summed E-state index contributed by atoms with van der Waals surface area (Å²) in [6, 6.07) is 0. The molecule has 0 heterocycles. The van der Waals surface area contributed by atoms with Crippen molar-refractivity contribution in [3.05, 3.63) is 10.6 Å². The van der Waals surface area contributed by atoms with E-state index in [1.807, 2.05) is 0 Å². The summed E-state index contributed by atoms with van der Waals surface area (Å²) in [5, 5.41) is 0.830. The zero-order chi connectivity index (χ0) is 8.60. The number of hydrogen-bond acceptors (Lipinski definition) is 1. The van der Waals surface area contributed by atoms with Gasteiger partial charge >= 0.3 is 0 Å². The summed E-state index contributed by atoms with van der Waals surface area (Å²) in [5.74, 6) is 0. The van der Waals surface area contributed by atoms with Crippen molar-refractivity contribution in [3.63, 3.8) is 0 Å². The number of hydrogen-bond donors (Lipinski definition) is 0. The van der Waals surface area contributed by atoms with Crippen LogP contribution in [0.5, 0.6) is 0 Å². The maximum absolute atomic E-state index is 10.5. The molecule has 12 heavy (non-hydrogen) atoms. The second-order valence-corrected chi connectivity index (χ2v) is 4.53. The van der Waals surface area contributed by atoms with E-state index in [1.165, 1.54) is 25.7 Å². The molecule has 1 fully saturated rings. The lowest BCUT2D eigenvalue weighted by atomic mass is 9.61. The lowest BCUT2D eigenvalue weighted by Crippen LogP contribution is -2.32. The molecule has 2 heteroatoms. The molecule has 2 aliphatic rings. The molecule has 0 bridgehead atoms. The van der Waals surface area contributed by atoms with E-state index in [-0.39, 0.29) is 0 Å². The van der Waals surface area contributed by atoms with Gasteiger partial charge in [-0.3, -0.25) is 4.79 Å². The van der Waals surface area contributed by atoms with Gasteiger partial charge in [-0.15, -0.1) is 0 Å². The molecule has 0 radical (unpaired) electrons. The van der Waals surface area contributed by atoms with Gasteiger partial charge in [0.1, 0.15) is 6.29 Å². The predicted molar refractivity (Wildman–Crippen MR) is 49.1 cm³/mol. The Hall–Kier alpha value is -0.300. The first kappa shape index (κ1) is 8.31. The summed E-state index contributed by atoms with van der Waals surface area (Å²) in [6.07, 6.45) is 7.95. The van der Waals surface area contributed by atoms with Crippen LogP contribution in [-0.2, 0) is 4.79 Å². The Morgan fingerprint density at radius 1 is 1.33 bits per heavy atom. The van der Waals surface area contributed by atoms with Gasteiger partial charge < -0.3 is 0 Å². The summed E-state index contributed by atoms with van der Waals surface area (Å²) in [6.45, 7) is 0. The summed E-state index contributed by atoms with van der Waals surface area (Å²) < 4.78 is 0. The summed E-state index contributed by atoms with van der Waals surface area (Å²) in [4.78, 5) is 10.5. The van der Waals surface area contributed by atoms with Crippen LogP contribution in [0.2, 0.25) is 0 Å². The van der Waals surface area contributed by atoms with E-state index >= 15 is 0 Å². The Bertz CT molecular complexity index is 238. The molecule has 0 aromatic carbocycles. The van der Waals surface area contributed by atoms with E-state index in [4.69, 9.17) is 11.6 Å². The van der Waals surface area contributed by atoms with Crippen molar-refractivity contribution in [2.75, 3.05) is 0 Å². The molecule has 0 saturated heterocycles. The number of aldehydes is 1. The maximum Gasteiger partial charge on any atom is 0.147 e. The molecule has 0 aromatic heterocycles. The van der Waals surface area contributed by atoms with E-state index in [9.17, 15) is 4.79 Å². The van der Waals surface area contributed by atoms with Gasteiger partial charge in [-0.25, -0.2) is 0 Å². The van der Waals surface area contributed by atoms with Gasteiger partial charge in [0.15, 0.2) is 0 Å². The molecule has 0 unspecified atom stereocenters. The first-order valence-corrected chi connectivity index (χ1v) is 4.96. The predicted octanol–water partition coefficient (Wildman–Crippen LogP) is 3.03. The van der Waals surface area contributed by atoms with E-state index in [1.54, 1.807) is 0 Å². The van der Waals surface area contributed by atoms with Crippen molar-refractivity contribution in [1.82, 2.24) is 0 Å². The fourth-order valence-electron chi connectivity index (χ4n) is 2.29. The molecule has 2 aliphatic carbocycles. The largest absolute Gasteiger partial charge is 0.298 e. The van der Waals surface area contributed by atoms with Gasteiger partial charge in [0.05, 0.1) is 0 Å². The maximum atomic E-state index is 10.5. The highest BCUT2D eigenvalue weighted by molar-refractivity contribution is 6.31. The third kappa shape index (κ3) is 1.20. The van der Waals surface area contributed by atoms with Gasteiger partial charge in [-0.05, 0) is 37.5 Å². The highest BCUT2D eigenvalue weighted by atomic mass is 35.5. The summed E-state index contributed by atoms with van der Waals surface area (Å²) in [7, 11) is 0. The molecular formula is C10H13ClO. The average Bonchev–Trinajstić information content (AvgIpc) is 2.01. The van der Waals surface area contributed by atoms with Crippen molar-refractivity contribution < 1.29 is 4.79 Å². The standard InChI is InChI=1S/C10H13ClO/c11-9-6-10(3-1-4-10)5-2-8(9)7-12/h7H,1-6H2. The third-order valence-electron chi connectivity index (χ3n) is 3.36. The van der Waals surface area contributed by atoms with E-state index in [0.717, 1.165) is 29.7 Å². The van der Waals surface area contributed by atoms with Gasteiger partial charge in [-0.1, -0.05) is 18.0 Å². The van der Waals surface area contributed by atoms with E-state index < -0.39 is 0 Å². The van der Waals surface area contributed by atoms with Crippen LogP contribution in [0.15, 0.2) is 10.6 Å². The molecule has 2 rings (SSSR count). The van der Waals surface area contributed by atoms with Crippen LogP contribution < -0.4 is 0 Å². The third-order valence-corrected chi connectivity index (χ3v) is 3.74. The molecule has 0 atom stereocenters. The van der Waals surface area contributed by atoms with Crippen LogP contribution in [0.25, 0.3) is 0 Å². The normalized spacial score (nSPS) is 27.1. The molecule has 1 spiro atoms. The monoisotopic (exact) mass is 184 g/mol. The zero-order valence-electron chi connectivity index (χ0n) is 7.11. The second kappa shape index (κ2) is 2.88. The SMILES string of the molecule is O=CC1=C(Cl)CC2(CCC2)CC1. The first-order chi connectivity index (χ1) is 5.76. The number of allylic oxidation sites excluding steroid dienone is 2. The molecule has 0 N–H and O–H groups in total. The van der Waals surface area contributed by atoms with Crippen LogP contribution >= 0.6 is 11.6 Å². The molecule has 0 aliphatic heterocycles. The molecule has 0 aromatic rings. The molecule has 66 valence electrons. The van der Waals surface area contributed by atoms with Crippen LogP contribution in [0.1, 0.15) is 38.5 Å². The van der Waals surface area contributed by atoms with Gasteiger partial charge in [0.25, 0.3) is 0 Å². The second-order valence-electron chi connectivity index (χ2n) is 4.08. The lowest BCUT2D eigenvalue weighted by Gasteiger charge is -2.44. The molecule has 0 amide bonds. The number of carbonyl (C=O) groups is 1. The zero-order valence-corrected chi connectivity index (χ0v) is 7.86. The van der Waals surface area contributed by atoms with Crippen molar-refractivity contribution in [1.29, 1.82) is 0 Å². The van der Waals surface area contributed by atoms with Gasteiger partial charge in [-0.2, -0.15) is 0 Å². The Morgan fingerprint density at radius 2 is 2.08 bits per heavy atom. The number of rotatable bonds is 1. The van der Waals surface area contributed by atoms with Gasteiger partial charge in [0.2, 0.25) is 0 Å². The molecule has 1 nitrogen and oxygen atoms in total. The molecular weight excluding hydrogens is 172 g/mol. The highest BCUT2D eigenvalue weighted by Gasteiger charge is 2.39. The highest BCUT2D eigenvalue weighted by Crippen LogP contribution is 2.53. The fourth-order valence-corrected chi connectivity index (χ4v) is 2.72. The minimum Gasteiger partial charge on any atom is -0.298 e. The lowest BCUT2D eigenvalue weighted by molar-refractivity contribution is -0.105. The van der Waals surface area contributed by atoms with Crippen molar-refractivity contribution >= 4 is 17.9 Å². The van der Waals surface area contributed by atoms with Crippen LogP contribution in [0, 0.1) is 5.41 Å². The topological polar surface area (TPSA) is 17.1 Å². The van der Waals surface area contributed by atoms with Crippen molar-refractivity contribution in [2.45, 2.75) is 38.5 Å². The Morgan fingerprint density at radius 3 is 2.50 bits per heavy atom. The first-order valence-electron chi connectivity index (χ1n) is 4.58. The van der Waals surface area contributed by atoms with E-state index in [0.29, 0.717) is 5.41 Å². The van der Waals surface area contributed by atoms with Crippen molar-refractivity contribution in [2.24, 2.45) is 5.41 Å². The van der Waals surface area contributed by atoms with Gasteiger partial charge in [0, 0.05) is 10.6 Å². The van der Waals surface area contributed by atoms with Crippen LogP contribution in [-0.4, -0.2) is 6.29 Å². The minimum atomic E-state index is 0.504. The summed E-state index contributed by atoms with van der Waals surface area (Å²) >= 11 is 6.03. The quantitative estimate of drug-likeness (QED) is 0.573. The summed E-state index contributed by atoms with van der Waals surface area (Å²) in [5.41, 5.74) is 1.35. The smallest absolute Gasteiger partial charge is 0.147 e. The number of halogens is 1. The fraction of sp³-hybridized carbons (Fsp3) is 0.700. The van der Waals surface area contributed by atoms with Crippen LogP contribution in [0.3, 0.4) is 0 Å². The number of carbonyl (C=O) groups excluding carboxylic acids is 1. The molecule has 1 saturated carbocycles. The van der Waals surface area contributed by atoms with E-state index in [2.05, 4.69) is 0 Å². The van der Waals surface area contributed by atoms with Crippen molar-refractivity contribution in [3.8, 4) is 0 Å². The average molecular weight is 185 g/mol. The Balaban J connectivity index is 2.14. The Kier molecular flexibility index (Phi) is 1.99.